The van der Waals surface area contributed by atoms with Crippen molar-refractivity contribution in [3.8, 4) is 33.8 Å². The van der Waals surface area contributed by atoms with Crippen molar-refractivity contribution in [1.29, 1.82) is 0 Å². The predicted octanol–water partition coefficient (Wildman–Crippen LogP) is 5.04. The summed E-state index contributed by atoms with van der Waals surface area (Å²) in [5, 5.41) is 0. The highest BCUT2D eigenvalue weighted by molar-refractivity contribution is 7.90. The van der Waals surface area contributed by atoms with E-state index in [-0.39, 0.29) is 0 Å². The Morgan fingerprint density at radius 1 is 0.833 bits per heavy atom. The van der Waals surface area contributed by atoms with Gasteiger partial charge in [0.1, 0.15) is 0 Å². The fourth-order valence-electron chi connectivity index (χ4n) is 5.02. The number of hydrogen-bond acceptors (Lipinski definition) is 5. The average molecular weight is 503 g/mol. The third-order valence-electron chi connectivity index (χ3n) is 6.92. The van der Waals surface area contributed by atoms with Gasteiger partial charge >= 0.3 is 0 Å². The van der Waals surface area contributed by atoms with Crippen LogP contribution in [0.3, 0.4) is 0 Å². The normalized spacial score (nSPS) is 15.2. The van der Waals surface area contributed by atoms with Crippen LogP contribution in [-0.4, -0.2) is 61.8 Å². The molecule has 0 atom stereocenters. The molecule has 0 saturated carbocycles. The Kier molecular flexibility index (Phi) is 6.62. The quantitative estimate of drug-likeness (QED) is 0.370. The Morgan fingerprint density at radius 2 is 1.47 bits per heavy atom. The van der Waals surface area contributed by atoms with Crippen LogP contribution in [0.25, 0.3) is 33.8 Å². The van der Waals surface area contributed by atoms with E-state index in [1.807, 2.05) is 19.2 Å². The van der Waals surface area contributed by atoms with E-state index in [1.165, 1.54) is 18.5 Å². The van der Waals surface area contributed by atoms with Crippen molar-refractivity contribution in [1.82, 2.24) is 14.5 Å². The van der Waals surface area contributed by atoms with Gasteiger partial charge in [0.25, 0.3) is 0 Å². The molecule has 36 heavy (non-hydrogen) atoms. The van der Waals surface area contributed by atoms with Crippen molar-refractivity contribution in [2.24, 2.45) is 13.0 Å². The van der Waals surface area contributed by atoms with Crippen LogP contribution in [0.4, 0.5) is 5.69 Å². The van der Waals surface area contributed by atoms with Gasteiger partial charge in [-0.15, -0.1) is 0 Å². The molecule has 0 amide bonds. The molecule has 3 aliphatic rings. The SMILES string of the molecule is CC(C)CN1CCN(c2ccc(-c3cc4nc(-c5ccc(S(C)(=O)=O)cc5)cc-4n(C)c3)cc2)CC1. The van der Waals surface area contributed by atoms with Gasteiger partial charge in [0.15, 0.2) is 9.84 Å². The molecular weight excluding hydrogens is 468 g/mol. The molecule has 0 spiro atoms. The van der Waals surface area contributed by atoms with E-state index >= 15 is 0 Å². The second-order valence-corrected chi connectivity index (χ2v) is 12.3. The van der Waals surface area contributed by atoms with Crippen molar-refractivity contribution in [2.75, 3.05) is 43.9 Å². The Hall–Kier alpha value is -3.16. The first-order valence-electron chi connectivity index (χ1n) is 12.5. The minimum atomic E-state index is -3.22. The third kappa shape index (κ3) is 5.18. The summed E-state index contributed by atoms with van der Waals surface area (Å²) in [5.74, 6) is 0.711. The number of pyridine rings is 1. The van der Waals surface area contributed by atoms with Gasteiger partial charge < -0.3 is 9.47 Å². The molecule has 0 unspecified atom stereocenters. The molecule has 3 aliphatic heterocycles. The van der Waals surface area contributed by atoms with Crippen LogP contribution in [-0.2, 0) is 16.9 Å². The van der Waals surface area contributed by atoms with Crippen LogP contribution in [0.1, 0.15) is 13.8 Å². The maximum Gasteiger partial charge on any atom is 0.175 e. The molecule has 0 N–H and O–H groups in total. The topological polar surface area (TPSA) is 58.4 Å². The summed E-state index contributed by atoms with van der Waals surface area (Å²) >= 11 is 0. The molecule has 7 heteroatoms. The number of rotatable bonds is 6. The lowest BCUT2D eigenvalue weighted by Gasteiger charge is -2.36. The first-order valence-corrected chi connectivity index (χ1v) is 14.4. The number of aromatic nitrogens is 2. The number of fused-ring (bicyclic) bond motifs is 1. The molecule has 0 aromatic heterocycles. The molecule has 2 aromatic carbocycles. The molecular formula is C29H34N4O2S. The zero-order valence-electron chi connectivity index (χ0n) is 21.5. The molecule has 5 rings (SSSR count). The smallest absolute Gasteiger partial charge is 0.175 e. The number of aryl methyl sites for hydroxylation is 1. The number of nitrogens with zero attached hydrogens (tertiary/aromatic N) is 4. The van der Waals surface area contributed by atoms with Crippen molar-refractivity contribution in [2.45, 2.75) is 18.7 Å². The van der Waals surface area contributed by atoms with Gasteiger partial charge in [-0.1, -0.05) is 38.1 Å². The molecule has 1 fully saturated rings. The molecule has 1 saturated heterocycles. The number of piperazine rings is 1. The van der Waals surface area contributed by atoms with Crippen molar-refractivity contribution in [3.05, 3.63) is 66.9 Å². The number of benzene rings is 2. The summed E-state index contributed by atoms with van der Waals surface area (Å²) < 4.78 is 25.7. The van der Waals surface area contributed by atoms with E-state index in [0.29, 0.717) is 10.8 Å². The van der Waals surface area contributed by atoms with Crippen molar-refractivity contribution >= 4 is 15.5 Å². The zero-order chi connectivity index (χ0) is 25.4. The summed E-state index contributed by atoms with van der Waals surface area (Å²) in [7, 11) is -1.18. The standard InChI is InChI=1S/C29H34N4O2S/c1-21(2)19-32-13-15-33(16-14-32)25-9-5-22(6-10-25)24-17-28-29(31(3)20-24)18-27(30-28)23-7-11-26(12-8-23)36(4,34)35/h5-12,17-18,20-21H,13-16,19H2,1-4H3. The van der Waals surface area contributed by atoms with Gasteiger partial charge in [-0.3, -0.25) is 4.90 Å². The largest absolute Gasteiger partial charge is 0.369 e. The lowest BCUT2D eigenvalue weighted by atomic mass is 10.0. The maximum atomic E-state index is 11.8. The summed E-state index contributed by atoms with van der Waals surface area (Å²) in [6.07, 6.45) is 3.36. The highest BCUT2D eigenvalue weighted by Crippen LogP contribution is 2.33. The van der Waals surface area contributed by atoms with Gasteiger partial charge in [-0.2, -0.15) is 0 Å². The van der Waals surface area contributed by atoms with Gasteiger partial charge in [-0.25, -0.2) is 13.4 Å². The molecule has 0 bridgehead atoms. The Morgan fingerprint density at radius 3 is 2.08 bits per heavy atom. The molecule has 3 heterocycles. The van der Waals surface area contributed by atoms with E-state index in [4.69, 9.17) is 4.98 Å². The molecule has 2 aromatic rings. The average Bonchev–Trinajstić information content (AvgIpc) is 3.29. The number of sulfone groups is 1. The fourth-order valence-corrected chi connectivity index (χ4v) is 5.65. The Balaban J connectivity index is 1.35. The first-order chi connectivity index (χ1) is 17.2. The van der Waals surface area contributed by atoms with E-state index in [1.54, 1.807) is 12.1 Å². The summed E-state index contributed by atoms with van der Waals surface area (Å²) in [6.45, 7) is 10.1. The van der Waals surface area contributed by atoms with Gasteiger partial charge in [-0.05, 0) is 47.9 Å². The minimum Gasteiger partial charge on any atom is -0.369 e. The van der Waals surface area contributed by atoms with Crippen LogP contribution in [0.15, 0.2) is 71.8 Å². The maximum absolute atomic E-state index is 11.8. The summed E-state index contributed by atoms with van der Waals surface area (Å²) in [4.78, 5) is 10.2. The number of anilines is 1. The van der Waals surface area contributed by atoms with Crippen LogP contribution in [0.5, 0.6) is 0 Å². The molecule has 6 nitrogen and oxygen atoms in total. The van der Waals surface area contributed by atoms with Crippen LogP contribution in [0.2, 0.25) is 0 Å². The monoisotopic (exact) mass is 502 g/mol. The van der Waals surface area contributed by atoms with Crippen molar-refractivity contribution < 1.29 is 8.42 Å². The summed E-state index contributed by atoms with van der Waals surface area (Å²) in [5.41, 5.74) is 7.26. The van der Waals surface area contributed by atoms with Crippen molar-refractivity contribution in [3.63, 3.8) is 0 Å². The second-order valence-electron chi connectivity index (χ2n) is 10.3. The van der Waals surface area contributed by atoms with E-state index in [9.17, 15) is 8.42 Å². The van der Waals surface area contributed by atoms with E-state index < -0.39 is 9.84 Å². The number of hydrogen-bond donors (Lipinski definition) is 0. The zero-order valence-corrected chi connectivity index (χ0v) is 22.3. The highest BCUT2D eigenvalue weighted by atomic mass is 32.2. The highest BCUT2D eigenvalue weighted by Gasteiger charge is 2.19. The lowest BCUT2D eigenvalue weighted by molar-refractivity contribution is 0.231. The molecule has 0 aliphatic carbocycles. The van der Waals surface area contributed by atoms with E-state index in [2.05, 4.69) is 70.8 Å². The van der Waals surface area contributed by atoms with Gasteiger partial charge in [0.2, 0.25) is 0 Å². The third-order valence-corrected chi connectivity index (χ3v) is 8.05. The Bertz CT molecular complexity index is 1420. The van der Waals surface area contributed by atoms with Crippen LogP contribution >= 0.6 is 0 Å². The Labute approximate surface area is 214 Å². The first kappa shape index (κ1) is 24.5. The minimum absolute atomic E-state index is 0.316. The molecule has 0 radical (unpaired) electrons. The predicted molar refractivity (Wildman–Crippen MR) is 147 cm³/mol. The second kappa shape index (κ2) is 9.71. The lowest BCUT2D eigenvalue weighted by Crippen LogP contribution is -2.47. The van der Waals surface area contributed by atoms with Crippen LogP contribution in [0, 0.1) is 5.92 Å². The van der Waals surface area contributed by atoms with Crippen LogP contribution < -0.4 is 4.90 Å². The molecule has 188 valence electrons. The fraction of sp³-hybridized carbons (Fsp3) is 0.345. The van der Waals surface area contributed by atoms with Gasteiger partial charge in [0, 0.05) is 69.0 Å². The van der Waals surface area contributed by atoms with E-state index in [0.717, 1.165) is 60.0 Å². The summed E-state index contributed by atoms with van der Waals surface area (Å²) in [6, 6.07) is 20.0. The van der Waals surface area contributed by atoms with Gasteiger partial charge in [0.05, 0.1) is 22.0 Å².